The number of hydrogen-bond acceptors (Lipinski definition) is 5. The van der Waals surface area contributed by atoms with Crippen LogP contribution in [-0.4, -0.2) is 54.1 Å². The highest BCUT2D eigenvalue weighted by Crippen LogP contribution is 1.96. The normalized spacial score (nSPS) is 12.2. The van der Waals surface area contributed by atoms with E-state index in [0.717, 1.165) is 0 Å². The zero-order valence-electron chi connectivity index (χ0n) is 8.56. The Kier molecular flexibility index (Phi) is 6.59. The molecule has 0 aromatic rings. The fraction of sp³-hybridized carbons (Fsp3) is 0.750. The van der Waals surface area contributed by atoms with Crippen molar-refractivity contribution in [3.05, 3.63) is 0 Å². The molecule has 0 rings (SSSR count). The third kappa shape index (κ3) is 5.31. The average molecular weight is 218 g/mol. The molecule has 88 valence electrons. The fourth-order valence-electron chi connectivity index (χ4n) is 1.15. The minimum absolute atomic E-state index is 0.297. The Morgan fingerprint density at radius 3 is 2.00 bits per heavy atom. The highest BCUT2D eigenvalue weighted by atomic mass is 16.4. The number of carboxylic acid groups (broad SMARTS) is 1. The Hall–Kier alpha value is -1.18. The molecule has 0 spiro atoms. The third-order valence-electron chi connectivity index (χ3n) is 1.82. The van der Waals surface area contributed by atoms with Gasteiger partial charge >= 0.3 is 5.97 Å². The number of carbonyl (C=O) groups is 2. The molecule has 0 unspecified atom stereocenters. The van der Waals surface area contributed by atoms with Crippen LogP contribution in [0.15, 0.2) is 0 Å². The first-order chi connectivity index (χ1) is 7.02. The van der Waals surface area contributed by atoms with E-state index < -0.39 is 17.9 Å². The summed E-state index contributed by atoms with van der Waals surface area (Å²) in [6.45, 7) is 1.27. The van der Waals surface area contributed by atoms with Crippen LogP contribution in [0.1, 0.15) is 6.42 Å². The Morgan fingerprint density at radius 2 is 1.67 bits per heavy atom. The van der Waals surface area contributed by atoms with Crippen LogP contribution in [0, 0.1) is 0 Å². The summed E-state index contributed by atoms with van der Waals surface area (Å²) in [5.74, 6) is -1.52. The van der Waals surface area contributed by atoms with Gasteiger partial charge in [-0.1, -0.05) is 0 Å². The summed E-state index contributed by atoms with van der Waals surface area (Å²) in [6.07, 6.45) is -0.384. The van der Waals surface area contributed by atoms with Crippen molar-refractivity contribution in [1.29, 1.82) is 0 Å². The van der Waals surface area contributed by atoms with Crippen LogP contribution in [0.3, 0.4) is 0 Å². The SMILES string of the molecule is NCCN(CCN)C(=O)[C@@H](N)CC(=O)O. The monoisotopic (exact) mass is 218 g/mol. The summed E-state index contributed by atoms with van der Waals surface area (Å²) in [4.78, 5) is 23.3. The van der Waals surface area contributed by atoms with Crippen LogP contribution in [0.4, 0.5) is 0 Å². The number of nitrogens with two attached hydrogens (primary N) is 3. The maximum atomic E-state index is 11.6. The summed E-state index contributed by atoms with van der Waals surface area (Å²) < 4.78 is 0. The second-order valence-corrected chi connectivity index (χ2v) is 3.11. The van der Waals surface area contributed by atoms with E-state index in [0.29, 0.717) is 26.2 Å². The molecule has 0 aliphatic carbocycles. The predicted octanol–water partition coefficient (Wildman–Crippen LogP) is -2.47. The van der Waals surface area contributed by atoms with E-state index in [-0.39, 0.29) is 6.42 Å². The molecule has 0 aliphatic heterocycles. The number of aliphatic carboxylic acids is 1. The Morgan fingerprint density at radius 1 is 1.20 bits per heavy atom. The lowest BCUT2D eigenvalue weighted by Crippen LogP contribution is -2.48. The molecule has 15 heavy (non-hydrogen) atoms. The maximum absolute atomic E-state index is 11.6. The van der Waals surface area contributed by atoms with Gasteiger partial charge in [-0.2, -0.15) is 0 Å². The molecule has 0 aliphatic rings. The Balaban J connectivity index is 4.27. The number of carbonyl (C=O) groups excluding carboxylic acids is 1. The summed E-state index contributed by atoms with van der Waals surface area (Å²) in [6, 6.07) is -1.03. The van der Waals surface area contributed by atoms with Crippen molar-refractivity contribution in [2.24, 2.45) is 17.2 Å². The molecular formula is C8H18N4O3. The molecule has 0 saturated carbocycles. The molecule has 1 amide bonds. The maximum Gasteiger partial charge on any atom is 0.305 e. The predicted molar refractivity (Wildman–Crippen MR) is 54.9 cm³/mol. The highest BCUT2D eigenvalue weighted by Gasteiger charge is 2.22. The van der Waals surface area contributed by atoms with E-state index in [2.05, 4.69) is 0 Å². The lowest BCUT2D eigenvalue weighted by Gasteiger charge is -2.23. The zero-order chi connectivity index (χ0) is 11.8. The molecule has 0 aromatic heterocycles. The Labute approximate surface area is 88.2 Å². The van der Waals surface area contributed by atoms with Gasteiger partial charge in [0.25, 0.3) is 0 Å². The second-order valence-electron chi connectivity index (χ2n) is 3.11. The standard InChI is InChI=1S/C8H18N4O3/c9-1-3-12(4-2-10)8(15)6(11)5-7(13)14/h6H,1-5,9-11H2,(H,13,14)/t6-/m0/s1. The zero-order valence-corrected chi connectivity index (χ0v) is 8.56. The van der Waals surface area contributed by atoms with Gasteiger partial charge in [-0.25, -0.2) is 0 Å². The largest absolute Gasteiger partial charge is 0.481 e. The summed E-state index contributed by atoms with van der Waals surface area (Å²) >= 11 is 0. The molecule has 0 heterocycles. The lowest BCUT2D eigenvalue weighted by atomic mass is 10.2. The summed E-state index contributed by atoms with van der Waals surface area (Å²) in [5.41, 5.74) is 16.0. The van der Waals surface area contributed by atoms with Gasteiger partial charge in [0.15, 0.2) is 0 Å². The topological polar surface area (TPSA) is 136 Å². The second kappa shape index (κ2) is 7.16. The van der Waals surface area contributed by atoms with E-state index in [4.69, 9.17) is 22.3 Å². The van der Waals surface area contributed by atoms with Crippen molar-refractivity contribution in [3.63, 3.8) is 0 Å². The van der Waals surface area contributed by atoms with Crippen LogP contribution in [0.25, 0.3) is 0 Å². The molecule has 0 fully saturated rings. The minimum atomic E-state index is -1.10. The van der Waals surface area contributed by atoms with Gasteiger partial charge in [-0.15, -0.1) is 0 Å². The van der Waals surface area contributed by atoms with Crippen molar-refractivity contribution >= 4 is 11.9 Å². The lowest BCUT2D eigenvalue weighted by molar-refractivity contribution is -0.141. The van der Waals surface area contributed by atoms with E-state index >= 15 is 0 Å². The molecular weight excluding hydrogens is 200 g/mol. The molecule has 0 aromatic carbocycles. The molecule has 7 nitrogen and oxygen atoms in total. The van der Waals surface area contributed by atoms with Gasteiger partial charge < -0.3 is 27.2 Å². The third-order valence-corrected chi connectivity index (χ3v) is 1.82. The fourth-order valence-corrected chi connectivity index (χ4v) is 1.15. The average Bonchev–Trinajstić information content (AvgIpc) is 2.15. The van der Waals surface area contributed by atoms with Crippen LogP contribution in [0.2, 0.25) is 0 Å². The van der Waals surface area contributed by atoms with Gasteiger partial charge in [0, 0.05) is 26.2 Å². The molecule has 0 saturated heterocycles. The Bertz CT molecular complexity index is 216. The molecule has 7 N–H and O–H groups in total. The van der Waals surface area contributed by atoms with Gasteiger partial charge in [-0.05, 0) is 0 Å². The van der Waals surface area contributed by atoms with Gasteiger partial charge in [0.05, 0.1) is 12.5 Å². The number of amides is 1. The van der Waals surface area contributed by atoms with Gasteiger partial charge in [-0.3, -0.25) is 9.59 Å². The first kappa shape index (κ1) is 13.8. The first-order valence-corrected chi connectivity index (χ1v) is 4.69. The number of rotatable bonds is 7. The van der Waals surface area contributed by atoms with Crippen molar-refractivity contribution in [2.75, 3.05) is 26.2 Å². The molecule has 1 atom stereocenters. The summed E-state index contributed by atoms with van der Waals surface area (Å²) in [5, 5.41) is 8.47. The van der Waals surface area contributed by atoms with Crippen molar-refractivity contribution in [1.82, 2.24) is 4.90 Å². The minimum Gasteiger partial charge on any atom is -0.481 e. The smallest absolute Gasteiger partial charge is 0.305 e. The highest BCUT2D eigenvalue weighted by molar-refractivity contribution is 5.86. The quantitative estimate of drug-likeness (QED) is 0.374. The number of carboxylic acids is 1. The van der Waals surface area contributed by atoms with Gasteiger partial charge in [0.1, 0.15) is 0 Å². The van der Waals surface area contributed by atoms with E-state index in [1.165, 1.54) is 4.90 Å². The van der Waals surface area contributed by atoms with Crippen molar-refractivity contribution < 1.29 is 14.7 Å². The van der Waals surface area contributed by atoms with Crippen molar-refractivity contribution in [3.8, 4) is 0 Å². The molecule has 0 bridgehead atoms. The summed E-state index contributed by atoms with van der Waals surface area (Å²) in [7, 11) is 0. The van der Waals surface area contributed by atoms with Crippen LogP contribution >= 0.6 is 0 Å². The number of hydrogen-bond donors (Lipinski definition) is 4. The van der Waals surface area contributed by atoms with Crippen LogP contribution in [0.5, 0.6) is 0 Å². The van der Waals surface area contributed by atoms with Crippen molar-refractivity contribution in [2.45, 2.75) is 12.5 Å². The first-order valence-electron chi connectivity index (χ1n) is 4.69. The van der Waals surface area contributed by atoms with Crippen LogP contribution in [-0.2, 0) is 9.59 Å². The van der Waals surface area contributed by atoms with E-state index in [9.17, 15) is 9.59 Å². The molecule has 0 radical (unpaired) electrons. The molecule has 7 heteroatoms. The van der Waals surface area contributed by atoms with Gasteiger partial charge in [0.2, 0.25) is 5.91 Å². The number of nitrogens with zero attached hydrogens (tertiary/aromatic N) is 1. The van der Waals surface area contributed by atoms with E-state index in [1.54, 1.807) is 0 Å². The van der Waals surface area contributed by atoms with E-state index in [1.807, 2.05) is 0 Å². The van der Waals surface area contributed by atoms with Crippen LogP contribution < -0.4 is 17.2 Å².